The van der Waals surface area contributed by atoms with Crippen LogP contribution in [0.5, 0.6) is 11.5 Å². The SMILES string of the molecule is COC(=O)c1cc(O)c2cc3c(cc2c1-c1ccccc1)CCO3. The molecule has 1 aliphatic heterocycles. The quantitative estimate of drug-likeness (QED) is 0.727. The number of carbonyl (C=O) groups excluding carboxylic acids is 1. The Balaban J connectivity index is 2.12. The Morgan fingerprint density at radius 3 is 2.67 bits per heavy atom. The van der Waals surface area contributed by atoms with Gasteiger partial charge >= 0.3 is 5.97 Å². The minimum absolute atomic E-state index is 0.0448. The molecule has 3 aromatic carbocycles. The van der Waals surface area contributed by atoms with Crippen molar-refractivity contribution in [3.63, 3.8) is 0 Å². The van der Waals surface area contributed by atoms with Gasteiger partial charge in [0.2, 0.25) is 0 Å². The third kappa shape index (κ3) is 2.19. The van der Waals surface area contributed by atoms with E-state index in [1.165, 1.54) is 13.2 Å². The highest BCUT2D eigenvalue weighted by atomic mass is 16.5. The van der Waals surface area contributed by atoms with Crippen LogP contribution in [0.2, 0.25) is 0 Å². The summed E-state index contributed by atoms with van der Waals surface area (Å²) in [5, 5.41) is 11.9. The summed E-state index contributed by atoms with van der Waals surface area (Å²) in [6.07, 6.45) is 0.822. The topological polar surface area (TPSA) is 55.8 Å². The van der Waals surface area contributed by atoms with Gasteiger partial charge in [0.25, 0.3) is 0 Å². The molecule has 4 rings (SSSR count). The maximum absolute atomic E-state index is 12.3. The first-order chi connectivity index (χ1) is 11.7. The zero-order valence-electron chi connectivity index (χ0n) is 13.2. The monoisotopic (exact) mass is 320 g/mol. The minimum Gasteiger partial charge on any atom is -0.507 e. The number of rotatable bonds is 2. The number of phenols is 1. The Hall–Kier alpha value is -3.01. The highest BCUT2D eigenvalue weighted by Gasteiger charge is 2.22. The second kappa shape index (κ2) is 5.57. The van der Waals surface area contributed by atoms with E-state index in [1.54, 1.807) is 0 Å². The summed E-state index contributed by atoms with van der Waals surface area (Å²) >= 11 is 0. The largest absolute Gasteiger partial charge is 0.507 e. The lowest BCUT2D eigenvalue weighted by atomic mass is 9.91. The number of fused-ring (bicyclic) bond motifs is 2. The number of phenolic OH excluding ortho intramolecular Hbond substituents is 1. The average Bonchev–Trinajstić information content (AvgIpc) is 3.07. The standard InChI is InChI=1S/C20H16O4/c1-23-20(22)16-10-17(21)14-11-18-13(7-8-24-18)9-15(14)19(16)12-5-3-2-4-6-12/h2-6,9-11,21H,7-8H2,1H3. The molecule has 4 heteroatoms. The summed E-state index contributed by atoms with van der Waals surface area (Å²) < 4.78 is 10.5. The number of benzene rings is 3. The second-order valence-electron chi connectivity index (χ2n) is 5.78. The van der Waals surface area contributed by atoms with Gasteiger partial charge in [-0.15, -0.1) is 0 Å². The van der Waals surface area contributed by atoms with E-state index in [0.29, 0.717) is 17.6 Å². The van der Waals surface area contributed by atoms with Gasteiger partial charge in [-0.2, -0.15) is 0 Å². The van der Waals surface area contributed by atoms with Crippen LogP contribution in [0.4, 0.5) is 0 Å². The summed E-state index contributed by atoms with van der Waals surface area (Å²) in [5.41, 5.74) is 3.11. The van der Waals surface area contributed by atoms with Crippen LogP contribution in [-0.4, -0.2) is 24.8 Å². The smallest absolute Gasteiger partial charge is 0.338 e. The molecule has 0 spiro atoms. The minimum atomic E-state index is -0.470. The maximum atomic E-state index is 12.3. The van der Waals surface area contributed by atoms with E-state index in [-0.39, 0.29) is 5.75 Å². The molecule has 3 aromatic rings. The van der Waals surface area contributed by atoms with Crippen LogP contribution in [0.15, 0.2) is 48.5 Å². The van der Waals surface area contributed by atoms with Crippen LogP contribution in [0.1, 0.15) is 15.9 Å². The zero-order chi connectivity index (χ0) is 16.7. The van der Waals surface area contributed by atoms with E-state index in [0.717, 1.165) is 34.2 Å². The molecule has 0 aliphatic carbocycles. The first-order valence-corrected chi connectivity index (χ1v) is 7.78. The summed E-state index contributed by atoms with van der Waals surface area (Å²) in [7, 11) is 1.34. The van der Waals surface area contributed by atoms with E-state index in [9.17, 15) is 9.90 Å². The van der Waals surface area contributed by atoms with E-state index >= 15 is 0 Å². The predicted molar refractivity (Wildman–Crippen MR) is 91.6 cm³/mol. The average molecular weight is 320 g/mol. The molecule has 120 valence electrons. The van der Waals surface area contributed by atoms with E-state index in [4.69, 9.17) is 9.47 Å². The Kier molecular flexibility index (Phi) is 3.38. The Morgan fingerprint density at radius 2 is 1.92 bits per heavy atom. The van der Waals surface area contributed by atoms with Crippen molar-refractivity contribution < 1.29 is 19.4 Å². The van der Waals surface area contributed by atoms with Gasteiger partial charge in [-0.05, 0) is 34.7 Å². The molecule has 4 nitrogen and oxygen atoms in total. The molecule has 0 saturated heterocycles. The number of methoxy groups -OCH3 is 1. The number of ether oxygens (including phenoxy) is 2. The van der Waals surface area contributed by atoms with Gasteiger partial charge < -0.3 is 14.6 Å². The van der Waals surface area contributed by atoms with Crippen LogP contribution in [0.25, 0.3) is 21.9 Å². The number of hydrogen-bond donors (Lipinski definition) is 1. The van der Waals surface area contributed by atoms with Crippen LogP contribution >= 0.6 is 0 Å². The lowest BCUT2D eigenvalue weighted by molar-refractivity contribution is 0.0601. The summed E-state index contributed by atoms with van der Waals surface area (Å²) in [6, 6.07) is 15.0. The Morgan fingerprint density at radius 1 is 1.12 bits per heavy atom. The molecule has 0 aromatic heterocycles. The van der Waals surface area contributed by atoms with Gasteiger partial charge in [0.05, 0.1) is 19.3 Å². The first-order valence-electron chi connectivity index (χ1n) is 7.78. The van der Waals surface area contributed by atoms with Crippen LogP contribution in [-0.2, 0) is 11.2 Å². The fraction of sp³-hybridized carbons (Fsp3) is 0.150. The van der Waals surface area contributed by atoms with E-state index in [2.05, 4.69) is 0 Å². The van der Waals surface area contributed by atoms with Crippen molar-refractivity contribution in [2.75, 3.05) is 13.7 Å². The maximum Gasteiger partial charge on any atom is 0.338 e. The Bertz CT molecular complexity index is 945. The highest BCUT2D eigenvalue weighted by Crippen LogP contribution is 2.41. The van der Waals surface area contributed by atoms with Crippen LogP contribution in [0.3, 0.4) is 0 Å². The molecule has 0 amide bonds. The number of hydrogen-bond acceptors (Lipinski definition) is 4. The molecular formula is C20H16O4. The second-order valence-corrected chi connectivity index (χ2v) is 5.78. The number of carbonyl (C=O) groups is 1. The summed E-state index contributed by atoms with van der Waals surface area (Å²) in [4.78, 5) is 12.3. The normalized spacial score (nSPS) is 12.7. The molecule has 0 fully saturated rings. The van der Waals surface area contributed by atoms with Crippen LogP contribution in [0, 0.1) is 0 Å². The lowest BCUT2D eigenvalue weighted by Crippen LogP contribution is -2.04. The summed E-state index contributed by atoms with van der Waals surface area (Å²) in [6.45, 7) is 0.636. The molecule has 24 heavy (non-hydrogen) atoms. The first kappa shape index (κ1) is 14.6. The van der Waals surface area contributed by atoms with Crippen molar-refractivity contribution in [3.8, 4) is 22.6 Å². The predicted octanol–water partition coefficient (Wildman–Crippen LogP) is 3.93. The van der Waals surface area contributed by atoms with Gasteiger partial charge in [0.15, 0.2) is 0 Å². The van der Waals surface area contributed by atoms with Gasteiger partial charge in [-0.25, -0.2) is 4.79 Å². The molecule has 0 unspecified atom stereocenters. The van der Waals surface area contributed by atoms with E-state index < -0.39 is 5.97 Å². The third-order valence-corrected chi connectivity index (χ3v) is 4.39. The van der Waals surface area contributed by atoms with Crippen molar-refractivity contribution in [1.29, 1.82) is 0 Å². The molecule has 1 aliphatic rings. The summed E-state index contributed by atoms with van der Waals surface area (Å²) in [5.74, 6) is 0.369. The van der Waals surface area contributed by atoms with Crippen molar-refractivity contribution in [2.24, 2.45) is 0 Å². The molecule has 1 N–H and O–H groups in total. The number of esters is 1. The lowest BCUT2D eigenvalue weighted by Gasteiger charge is -2.15. The fourth-order valence-corrected chi connectivity index (χ4v) is 3.26. The fourth-order valence-electron chi connectivity index (χ4n) is 3.26. The van der Waals surface area contributed by atoms with E-state index in [1.807, 2.05) is 42.5 Å². The highest BCUT2D eigenvalue weighted by molar-refractivity contribution is 6.10. The molecule has 0 atom stereocenters. The number of aromatic hydroxyl groups is 1. The molecule has 0 bridgehead atoms. The van der Waals surface area contributed by atoms with Gasteiger partial charge in [-0.3, -0.25) is 0 Å². The van der Waals surface area contributed by atoms with Crippen molar-refractivity contribution >= 4 is 16.7 Å². The van der Waals surface area contributed by atoms with Gasteiger partial charge in [0, 0.05) is 17.4 Å². The Labute approximate surface area is 139 Å². The zero-order valence-corrected chi connectivity index (χ0v) is 13.2. The third-order valence-electron chi connectivity index (χ3n) is 4.39. The molecule has 0 saturated carbocycles. The molecular weight excluding hydrogens is 304 g/mol. The van der Waals surface area contributed by atoms with Crippen molar-refractivity contribution in [1.82, 2.24) is 0 Å². The van der Waals surface area contributed by atoms with Gasteiger partial charge in [-0.1, -0.05) is 30.3 Å². The molecule has 1 heterocycles. The van der Waals surface area contributed by atoms with Crippen molar-refractivity contribution in [3.05, 3.63) is 59.7 Å². The van der Waals surface area contributed by atoms with Gasteiger partial charge in [0.1, 0.15) is 11.5 Å². The molecule has 0 radical (unpaired) electrons. The van der Waals surface area contributed by atoms with Crippen molar-refractivity contribution in [2.45, 2.75) is 6.42 Å². The van der Waals surface area contributed by atoms with Crippen LogP contribution < -0.4 is 4.74 Å².